The zero-order valence-electron chi connectivity index (χ0n) is 10.1. The van der Waals surface area contributed by atoms with Crippen LogP contribution in [-0.2, 0) is 0 Å². The molecule has 1 saturated heterocycles. The van der Waals surface area contributed by atoms with Gasteiger partial charge in [0.05, 0.1) is 12.2 Å². The first-order valence-electron chi connectivity index (χ1n) is 6.09. The van der Waals surface area contributed by atoms with Crippen LogP contribution in [0.2, 0.25) is 0 Å². The normalized spacial score (nSPS) is 18.8. The molecule has 18 heavy (non-hydrogen) atoms. The first-order chi connectivity index (χ1) is 8.66. The van der Waals surface area contributed by atoms with Crippen molar-refractivity contribution in [3.05, 3.63) is 29.6 Å². The van der Waals surface area contributed by atoms with E-state index < -0.39 is 11.7 Å². The highest BCUT2D eigenvalue weighted by Gasteiger charge is 2.15. The Morgan fingerprint density at radius 1 is 1.56 bits per heavy atom. The maximum atomic E-state index is 13.0. The number of benzene rings is 1. The predicted molar refractivity (Wildman–Crippen MR) is 66.0 cm³/mol. The van der Waals surface area contributed by atoms with Crippen molar-refractivity contribution in [3.8, 4) is 5.75 Å². The third-order valence-corrected chi connectivity index (χ3v) is 3.15. The molecule has 1 unspecified atom stereocenters. The van der Waals surface area contributed by atoms with Gasteiger partial charge in [-0.1, -0.05) is 0 Å². The average molecular weight is 252 g/mol. The Morgan fingerprint density at radius 2 is 2.39 bits per heavy atom. The van der Waals surface area contributed by atoms with Crippen LogP contribution in [0.15, 0.2) is 18.2 Å². The van der Waals surface area contributed by atoms with Gasteiger partial charge in [0.1, 0.15) is 11.6 Å². The van der Waals surface area contributed by atoms with E-state index in [9.17, 15) is 9.18 Å². The molecule has 1 aliphatic heterocycles. The lowest BCUT2D eigenvalue weighted by atomic mass is 10.1. The van der Waals surface area contributed by atoms with Crippen LogP contribution < -0.4 is 15.8 Å². The number of nitrogens with two attached hydrogens (primary N) is 1. The van der Waals surface area contributed by atoms with E-state index in [0.717, 1.165) is 32.0 Å². The van der Waals surface area contributed by atoms with Crippen molar-refractivity contribution in [1.82, 2.24) is 5.32 Å². The fourth-order valence-electron chi connectivity index (χ4n) is 2.12. The lowest BCUT2D eigenvalue weighted by Gasteiger charge is -2.12. The molecule has 1 heterocycles. The van der Waals surface area contributed by atoms with Gasteiger partial charge in [0.2, 0.25) is 0 Å². The van der Waals surface area contributed by atoms with E-state index in [0.29, 0.717) is 18.3 Å². The Bertz CT molecular complexity index is 431. The fraction of sp³-hybridized carbons (Fsp3) is 0.462. The molecule has 1 aliphatic rings. The molecule has 0 spiro atoms. The molecule has 4 nitrogen and oxygen atoms in total. The number of primary amides is 1. The molecule has 0 radical (unpaired) electrons. The van der Waals surface area contributed by atoms with Crippen LogP contribution in [-0.4, -0.2) is 25.6 Å². The van der Waals surface area contributed by atoms with Crippen molar-refractivity contribution in [3.63, 3.8) is 0 Å². The molecule has 3 N–H and O–H groups in total. The standard InChI is InChI=1S/C13H17FN2O2/c14-10-1-2-12(11(7-10)13(15)17)18-6-4-9-3-5-16-8-9/h1-2,7,9,16H,3-6,8H2,(H2,15,17). The summed E-state index contributed by atoms with van der Waals surface area (Å²) in [7, 11) is 0. The summed E-state index contributed by atoms with van der Waals surface area (Å²) in [6.07, 6.45) is 2.07. The zero-order chi connectivity index (χ0) is 13.0. The average Bonchev–Trinajstić information content (AvgIpc) is 2.84. The highest BCUT2D eigenvalue weighted by molar-refractivity contribution is 5.95. The molecule has 5 heteroatoms. The maximum absolute atomic E-state index is 13.0. The maximum Gasteiger partial charge on any atom is 0.252 e. The summed E-state index contributed by atoms with van der Waals surface area (Å²) in [6, 6.07) is 3.82. The van der Waals surface area contributed by atoms with E-state index in [2.05, 4.69) is 5.32 Å². The van der Waals surface area contributed by atoms with Gasteiger partial charge in [-0.2, -0.15) is 0 Å². The summed E-state index contributed by atoms with van der Waals surface area (Å²) in [6.45, 7) is 2.57. The lowest BCUT2D eigenvalue weighted by Crippen LogP contribution is -2.15. The van der Waals surface area contributed by atoms with Crippen LogP contribution in [0.1, 0.15) is 23.2 Å². The number of carbonyl (C=O) groups excluding carboxylic acids is 1. The third-order valence-electron chi connectivity index (χ3n) is 3.15. The number of hydrogen-bond acceptors (Lipinski definition) is 3. The Labute approximate surface area is 105 Å². The number of ether oxygens (including phenoxy) is 1. The molecular weight excluding hydrogens is 235 g/mol. The number of rotatable bonds is 5. The van der Waals surface area contributed by atoms with Gasteiger partial charge in [-0.25, -0.2) is 4.39 Å². The molecule has 2 rings (SSSR count). The number of carbonyl (C=O) groups is 1. The Hall–Kier alpha value is -1.62. The summed E-state index contributed by atoms with van der Waals surface area (Å²) in [5.41, 5.74) is 5.28. The summed E-state index contributed by atoms with van der Waals surface area (Å²) in [5, 5.41) is 3.28. The molecule has 1 fully saturated rings. The smallest absolute Gasteiger partial charge is 0.252 e. The molecule has 0 bridgehead atoms. The number of nitrogens with one attached hydrogen (secondary N) is 1. The van der Waals surface area contributed by atoms with Crippen LogP contribution in [0, 0.1) is 11.7 Å². The topological polar surface area (TPSA) is 64.4 Å². The van der Waals surface area contributed by atoms with Gasteiger partial charge < -0.3 is 15.8 Å². The summed E-state index contributed by atoms with van der Waals surface area (Å²) < 4.78 is 18.5. The van der Waals surface area contributed by atoms with Crippen LogP contribution >= 0.6 is 0 Å². The van der Waals surface area contributed by atoms with Gasteiger partial charge in [0, 0.05) is 0 Å². The van der Waals surface area contributed by atoms with Gasteiger partial charge >= 0.3 is 0 Å². The van der Waals surface area contributed by atoms with E-state index >= 15 is 0 Å². The largest absolute Gasteiger partial charge is 0.493 e. The van der Waals surface area contributed by atoms with Crippen LogP contribution in [0.25, 0.3) is 0 Å². The molecule has 0 aromatic heterocycles. The number of hydrogen-bond donors (Lipinski definition) is 2. The molecule has 1 amide bonds. The van der Waals surface area contributed by atoms with E-state index in [-0.39, 0.29) is 5.56 Å². The molecule has 0 saturated carbocycles. The molecule has 98 valence electrons. The summed E-state index contributed by atoms with van der Waals surface area (Å²) in [5.74, 6) is -0.194. The second kappa shape index (κ2) is 5.82. The van der Waals surface area contributed by atoms with E-state index in [1.54, 1.807) is 0 Å². The van der Waals surface area contributed by atoms with Gasteiger partial charge in [-0.15, -0.1) is 0 Å². The number of amides is 1. The Kier molecular flexibility index (Phi) is 4.15. The first kappa shape index (κ1) is 12.8. The van der Waals surface area contributed by atoms with Crippen LogP contribution in [0.5, 0.6) is 5.75 Å². The summed E-state index contributed by atoms with van der Waals surface area (Å²) >= 11 is 0. The molecule has 1 aromatic carbocycles. The highest BCUT2D eigenvalue weighted by atomic mass is 19.1. The monoisotopic (exact) mass is 252 g/mol. The third kappa shape index (κ3) is 3.20. The van der Waals surface area contributed by atoms with Crippen LogP contribution in [0.4, 0.5) is 4.39 Å². The Balaban J connectivity index is 1.93. The van der Waals surface area contributed by atoms with Crippen LogP contribution in [0.3, 0.4) is 0 Å². The quantitative estimate of drug-likeness (QED) is 0.830. The summed E-state index contributed by atoms with van der Waals surface area (Å²) in [4.78, 5) is 11.2. The van der Waals surface area contributed by atoms with Crippen molar-refractivity contribution < 1.29 is 13.9 Å². The molecule has 0 aliphatic carbocycles. The van der Waals surface area contributed by atoms with Crippen molar-refractivity contribution >= 4 is 5.91 Å². The van der Waals surface area contributed by atoms with Gasteiger partial charge in [-0.05, 0) is 50.0 Å². The molecule has 1 aromatic rings. The van der Waals surface area contributed by atoms with Crippen molar-refractivity contribution in [2.45, 2.75) is 12.8 Å². The minimum absolute atomic E-state index is 0.0968. The number of halogens is 1. The Morgan fingerprint density at radius 3 is 3.06 bits per heavy atom. The second-order valence-electron chi connectivity index (χ2n) is 4.50. The SMILES string of the molecule is NC(=O)c1cc(F)ccc1OCCC1CCNC1. The van der Waals surface area contributed by atoms with Crippen molar-refractivity contribution in [2.75, 3.05) is 19.7 Å². The van der Waals surface area contributed by atoms with Gasteiger partial charge in [-0.3, -0.25) is 4.79 Å². The zero-order valence-corrected chi connectivity index (χ0v) is 10.1. The van der Waals surface area contributed by atoms with E-state index in [4.69, 9.17) is 10.5 Å². The van der Waals surface area contributed by atoms with Crippen molar-refractivity contribution in [1.29, 1.82) is 0 Å². The van der Waals surface area contributed by atoms with Crippen molar-refractivity contribution in [2.24, 2.45) is 11.7 Å². The minimum Gasteiger partial charge on any atom is -0.493 e. The van der Waals surface area contributed by atoms with Gasteiger partial charge in [0.25, 0.3) is 5.91 Å². The lowest BCUT2D eigenvalue weighted by molar-refractivity contribution is 0.0995. The minimum atomic E-state index is -0.674. The first-order valence-corrected chi connectivity index (χ1v) is 6.09. The second-order valence-corrected chi connectivity index (χ2v) is 4.50. The van der Waals surface area contributed by atoms with Gasteiger partial charge in [0.15, 0.2) is 0 Å². The molecular formula is C13H17FN2O2. The fourth-order valence-corrected chi connectivity index (χ4v) is 2.12. The molecule has 1 atom stereocenters. The highest BCUT2D eigenvalue weighted by Crippen LogP contribution is 2.20. The predicted octanol–water partition coefficient (Wildman–Crippen LogP) is 1.30. The van der Waals surface area contributed by atoms with E-state index in [1.165, 1.54) is 12.1 Å². The van der Waals surface area contributed by atoms with E-state index in [1.807, 2.05) is 0 Å².